The van der Waals surface area contributed by atoms with Crippen LogP contribution in [0.3, 0.4) is 0 Å². The first-order chi connectivity index (χ1) is 9.97. The highest BCUT2D eigenvalue weighted by molar-refractivity contribution is 7.87. The van der Waals surface area contributed by atoms with E-state index < -0.39 is 52.6 Å². The van der Waals surface area contributed by atoms with E-state index in [2.05, 4.69) is 14.2 Å². The summed E-state index contributed by atoms with van der Waals surface area (Å²) in [6, 6.07) is -1.08. The van der Waals surface area contributed by atoms with E-state index in [1.807, 2.05) is 0 Å². The number of halogens is 3. The van der Waals surface area contributed by atoms with Crippen LogP contribution in [-0.4, -0.2) is 50.9 Å². The Balaban J connectivity index is 2.08. The van der Waals surface area contributed by atoms with Crippen LogP contribution in [0.2, 0.25) is 0 Å². The minimum absolute atomic E-state index is 0.868. The lowest BCUT2D eigenvalue weighted by Crippen LogP contribution is -2.37. The third-order valence-corrected chi connectivity index (χ3v) is 3.98. The molecule has 0 aromatic carbocycles. The first-order valence-electron chi connectivity index (χ1n) is 5.98. The highest BCUT2D eigenvalue weighted by Crippen LogP contribution is 2.39. The van der Waals surface area contributed by atoms with Crippen LogP contribution in [0.4, 0.5) is 13.2 Å². The molecule has 0 saturated carbocycles. The van der Waals surface area contributed by atoms with E-state index in [1.54, 1.807) is 13.8 Å². The van der Waals surface area contributed by atoms with Gasteiger partial charge >= 0.3 is 15.6 Å². The summed E-state index contributed by atoms with van der Waals surface area (Å²) in [7, 11) is -5.77. The molecular formula is C9H12F3N3O6S. The highest BCUT2D eigenvalue weighted by Gasteiger charge is 2.55. The molecule has 126 valence electrons. The standard InChI is InChI=1S/C9H12F3N3O6S/c1-8(2)20-6-5(14-15-13)4(19-7(6)21-8)3-18-22(16,17)9(10,11)12/h4-7H,3H2,1-2H3/t4-,5-,6-,7?/m1/s1. The van der Waals surface area contributed by atoms with E-state index in [1.165, 1.54) is 0 Å². The Morgan fingerprint density at radius 3 is 2.55 bits per heavy atom. The van der Waals surface area contributed by atoms with Gasteiger partial charge in [0.15, 0.2) is 12.1 Å². The van der Waals surface area contributed by atoms with E-state index in [0.29, 0.717) is 0 Å². The summed E-state index contributed by atoms with van der Waals surface area (Å²) in [5.74, 6) is -1.03. The lowest BCUT2D eigenvalue weighted by molar-refractivity contribution is -0.208. The Labute approximate surface area is 123 Å². The number of hydrogen-bond acceptors (Lipinski definition) is 7. The second-order valence-electron chi connectivity index (χ2n) is 5.02. The molecule has 0 aromatic rings. The molecule has 13 heteroatoms. The van der Waals surface area contributed by atoms with Crippen LogP contribution in [-0.2, 0) is 28.5 Å². The molecule has 0 spiro atoms. The average Bonchev–Trinajstić information content (AvgIpc) is 2.79. The molecule has 0 aromatic heterocycles. The fourth-order valence-corrected chi connectivity index (χ4v) is 2.57. The van der Waals surface area contributed by atoms with Gasteiger partial charge in [0, 0.05) is 4.91 Å². The van der Waals surface area contributed by atoms with Gasteiger partial charge in [-0.1, -0.05) is 5.11 Å². The van der Waals surface area contributed by atoms with Crippen LogP contribution in [0.15, 0.2) is 5.11 Å². The zero-order valence-corrected chi connectivity index (χ0v) is 12.2. The van der Waals surface area contributed by atoms with E-state index in [4.69, 9.17) is 19.7 Å². The van der Waals surface area contributed by atoms with Crippen LogP contribution in [0.5, 0.6) is 0 Å². The van der Waals surface area contributed by atoms with Crippen LogP contribution in [0, 0.1) is 0 Å². The average molecular weight is 347 g/mol. The Kier molecular flexibility index (Phi) is 4.32. The number of azide groups is 1. The summed E-state index contributed by atoms with van der Waals surface area (Å²) in [6.45, 7) is 2.16. The molecule has 2 aliphatic rings. The summed E-state index contributed by atoms with van der Waals surface area (Å²) >= 11 is 0. The minimum atomic E-state index is -5.77. The molecule has 2 fully saturated rings. The normalized spacial score (nSPS) is 34.2. The molecule has 4 atom stereocenters. The molecule has 2 aliphatic heterocycles. The quantitative estimate of drug-likeness (QED) is 0.249. The zero-order valence-electron chi connectivity index (χ0n) is 11.3. The summed E-state index contributed by atoms with van der Waals surface area (Å²) in [6.07, 6.45) is -3.11. The topological polar surface area (TPSA) is 120 Å². The second kappa shape index (κ2) is 5.51. The zero-order chi connectivity index (χ0) is 16.8. The van der Waals surface area contributed by atoms with E-state index in [9.17, 15) is 21.6 Å². The first-order valence-corrected chi connectivity index (χ1v) is 7.39. The number of hydrogen-bond donors (Lipinski definition) is 0. The molecule has 1 unspecified atom stereocenters. The van der Waals surface area contributed by atoms with Crippen molar-refractivity contribution < 1.29 is 40.0 Å². The molecular weight excluding hydrogens is 335 g/mol. The van der Waals surface area contributed by atoms with Gasteiger partial charge < -0.3 is 14.2 Å². The van der Waals surface area contributed by atoms with Crippen molar-refractivity contribution in [2.45, 2.75) is 49.7 Å². The maximum Gasteiger partial charge on any atom is 0.523 e. The minimum Gasteiger partial charge on any atom is -0.344 e. The third-order valence-electron chi connectivity index (χ3n) is 2.97. The number of alkyl halides is 3. The van der Waals surface area contributed by atoms with Crippen molar-refractivity contribution in [3.8, 4) is 0 Å². The molecule has 9 nitrogen and oxygen atoms in total. The molecule has 0 bridgehead atoms. The van der Waals surface area contributed by atoms with Crippen molar-refractivity contribution in [2.75, 3.05) is 6.61 Å². The van der Waals surface area contributed by atoms with Crippen molar-refractivity contribution >= 4 is 10.1 Å². The molecule has 2 saturated heterocycles. The molecule has 0 N–H and O–H groups in total. The third kappa shape index (κ3) is 3.29. The van der Waals surface area contributed by atoms with Gasteiger partial charge in [0.2, 0.25) is 0 Å². The second-order valence-corrected chi connectivity index (χ2v) is 6.63. The lowest BCUT2D eigenvalue weighted by Gasteiger charge is -2.23. The molecule has 2 rings (SSSR count). The number of nitrogens with zero attached hydrogens (tertiary/aromatic N) is 3. The van der Waals surface area contributed by atoms with Crippen LogP contribution >= 0.6 is 0 Å². The summed E-state index contributed by atoms with van der Waals surface area (Å²) < 4.78 is 78.2. The number of rotatable bonds is 4. The predicted molar refractivity (Wildman–Crippen MR) is 62.6 cm³/mol. The first kappa shape index (κ1) is 17.2. The van der Waals surface area contributed by atoms with Gasteiger partial charge in [0.25, 0.3) is 0 Å². The number of ether oxygens (including phenoxy) is 3. The smallest absolute Gasteiger partial charge is 0.344 e. The molecule has 2 heterocycles. The summed E-state index contributed by atoms with van der Waals surface area (Å²) in [4.78, 5) is 2.55. The predicted octanol–water partition coefficient (Wildman–Crippen LogP) is 1.41. The van der Waals surface area contributed by atoms with Gasteiger partial charge in [-0.15, -0.1) is 0 Å². The van der Waals surface area contributed by atoms with Crippen molar-refractivity contribution in [1.82, 2.24) is 0 Å². The van der Waals surface area contributed by atoms with Gasteiger partial charge in [-0.25, -0.2) is 0 Å². The SMILES string of the molecule is CC1(C)OC2O[C@H](COS(=O)(=O)C(F)(F)F)[C@@H](N=[N+]=[N-])[C@H]2O1. The van der Waals surface area contributed by atoms with Crippen LogP contribution < -0.4 is 0 Å². The van der Waals surface area contributed by atoms with Gasteiger partial charge in [0.05, 0.1) is 18.8 Å². The molecule has 0 aliphatic carbocycles. The van der Waals surface area contributed by atoms with Gasteiger partial charge in [-0.3, -0.25) is 4.18 Å². The van der Waals surface area contributed by atoms with Crippen molar-refractivity contribution in [2.24, 2.45) is 5.11 Å². The van der Waals surface area contributed by atoms with Crippen molar-refractivity contribution in [3.63, 3.8) is 0 Å². The largest absolute Gasteiger partial charge is 0.523 e. The van der Waals surface area contributed by atoms with Crippen molar-refractivity contribution in [1.29, 1.82) is 0 Å². The van der Waals surface area contributed by atoms with E-state index >= 15 is 0 Å². The van der Waals surface area contributed by atoms with Gasteiger partial charge in [-0.05, 0) is 19.4 Å². The van der Waals surface area contributed by atoms with Gasteiger partial charge in [-0.2, -0.15) is 21.6 Å². The summed E-state index contributed by atoms with van der Waals surface area (Å²) in [5.41, 5.74) is 2.97. The molecule has 0 radical (unpaired) electrons. The fraction of sp³-hybridized carbons (Fsp3) is 1.00. The number of fused-ring (bicyclic) bond motifs is 1. The lowest BCUT2D eigenvalue weighted by atomic mass is 10.1. The van der Waals surface area contributed by atoms with Gasteiger partial charge in [0.1, 0.15) is 6.10 Å². The summed E-state index contributed by atoms with van der Waals surface area (Å²) in [5, 5.41) is 3.37. The maximum absolute atomic E-state index is 12.2. The Hall–Kier alpha value is -1.11. The van der Waals surface area contributed by atoms with Crippen molar-refractivity contribution in [3.05, 3.63) is 10.4 Å². The highest BCUT2D eigenvalue weighted by atomic mass is 32.2. The van der Waals surface area contributed by atoms with E-state index in [0.717, 1.165) is 0 Å². The van der Waals surface area contributed by atoms with E-state index in [-0.39, 0.29) is 0 Å². The van der Waals surface area contributed by atoms with Crippen LogP contribution in [0.25, 0.3) is 10.4 Å². The Morgan fingerprint density at radius 1 is 1.36 bits per heavy atom. The van der Waals surface area contributed by atoms with Crippen LogP contribution in [0.1, 0.15) is 13.8 Å². The molecule has 22 heavy (non-hydrogen) atoms. The molecule has 0 amide bonds. The Morgan fingerprint density at radius 2 is 2.00 bits per heavy atom. The Bertz CT molecular complexity index is 588. The fourth-order valence-electron chi connectivity index (χ4n) is 2.12. The monoisotopic (exact) mass is 347 g/mol. The maximum atomic E-state index is 12.2.